The number of nitrogens with one attached hydrogen (secondary N) is 1. The van der Waals surface area contributed by atoms with Gasteiger partial charge < -0.3 is 19.4 Å². The average molecular weight is 495 g/mol. The van der Waals surface area contributed by atoms with Gasteiger partial charge in [-0.15, -0.1) is 21.5 Å². The van der Waals surface area contributed by atoms with Crippen LogP contribution in [0.5, 0.6) is 11.5 Å². The number of aromatic nitrogens is 3. The lowest BCUT2D eigenvalue weighted by atomic mass is 10.0. The molecule has 0 fully saturated rings. The number of carbonyl (C=O) groups excluding carboxylic acids is 1. The number of thiophene rings is 1. The van der Waals surface area contributed by atoms with E-state index in [1.54, 1.807) is 43.8 Å². The smallest absolute Gasteiger partial charge is 0.234 e. The van der Waals surface area contributed by atoms with Gasteiger partial charge in [-0.3, -0.25) is 4.79 Å². The van der Waals surface area contributed by atoms with E-state index in [0.717, 1.165) is 17.0 Å². The van der Waals surface area contributed by atoms with Gasteiger partial charge in [-0.1, -0.05) is 41.6 Å². The Balaban J connectivity index is 1.50. The molecule has 4 aromatic rings. The third-order valence-electron chi connectivity index (χ3n) is 5.40. The fourth-order valence-corrected chi connectivity index (χ4v) is 5.18. The van der Waals surface area contributed by atoms with Gasteiger partial charge in [0.05, 0.1) is 25.7 Å². The van der Waals surface area contributed by atoms with Crippen LogP contribution >= 0.6 is 23.1 Å². The third-order valence-corrected chi connectivity index (χ3v) is 7.34. The van der Waals surface area contributed by atoms with Crippen molar-refractivity contribution in [1.82, 2.24) is 14.8 Å². The van der Waals surface area contributed by atoms with Crippen molar-refractivity contribution in [3.63, 3.8) is 0 Å². The fourth-order valence-electron chi connectivity index (χ4n) is 3.60. The Labute approximate surface area is 207 Å². The van der Waals surface area contributed by atoms with E-state index in [0.29, 0.717) is 22.3 Å². The van der Waals surface area contributed by atoms with Crippen molar-refractivity contribution in [2.45, 2.75) is 19.0 Å². The maximum Gasteiger partial charge on any atom is 0.234 e. The molecule has 2 aromatic heterocycles. The highest BCUT2D eigenvalue weighted by atomic mass is 32.2. The zero-order valence-corrected chi connectivity index (χ0v) is 21.3. The predicted molar refractivity (Wildman–Crippen MR) is 138 cm³/mol. The second-order valence-corrected chi connectivity index (χ2v) is 9.74. The Hall–Kier alpha value is -3.30. The van der Waals surface area contributed by atoms with Crippen molar-refractivity contribution in [2.24, 2.45) is 7.05 Å². The van der Waals surface area contributed by atoms with Gasteiger partial charge in [0.15, 0.2) is 11.0 Å². The van der Waals surface area contributed by atoms with E-state index in [-0.39, 0.29) is 11.7 Å². The molecular weight excluding hydrogens is 468 g/mol. The van der Waals surface area contributed by atoms with Crippen LogP contribution in [0, 0.1) is 13.8 Å². The van der Waals surface area contributed by atoms with Crippen molar-refractivity contribution in [2.75, 3.05) is 25.3 Å². The Morgan fingerprint density at radius 2 is 1.85 bits per heavy atom. The van der Waals surface area contributed by atoms with E-state index in [2.05, 4.69) is 59.0 Å². The number of methoxy groups -OCH3 is 2. The lowest BCUT2D eigenvalue weighted by Crippen LogP contribution is -2.15. The summed E-state index contributed by atoms with van der Waals surface area (Å²) in [6.45, 7) is 4.20. The number of ether oxygens (including phenoxy) is 2. The Bertz CT molecular complexity index is 1310. The molecule has 0 spiro atoms. The number of aryl methyl sites for hydroxylation is 2. The first kappa shape index (κ1) is 23.8. The molecule has 0 aliphatic carbocycles. The molecule has 0 aliphatic heterocycles. The molecule has 176 valence electrons. The van der Waals surface area contributed by atoms with Crippen molar-refractivity contribution < 1.29 is 14.3 Å². The number of carbonyl (C=O) groups is 1. The third kappa shape index (κ3) is 4.95. The molecule has 2 heterocycles. The van der Waals surface area contributed by atoms with Crippen LogP contribution < -0.4 is 14.8 Å². The van der Waals surface area contributed by atoms with Gasteiger partial charge in [-0.2, -0.15) is 0 Å². The summed E-state index contributed by atoms with van der Waals surface area (Å²) >= 11 is 3.03. The van der Waals surface area contributed by atoms with Gasteiger partial charge in [0.2, 0.25) is 5.91 Å². The van der Waals surface area contributed by atoms with Gasteiger partial charge in [-0.05, 0) is 31.5 Å². The Morgan fingerprint density at radius 1 is 1.09 bits per heavy atom. The van der Waals surface area contributed by atoms with Gasteiger partial charge >= 0.3 is 0 Å². The van der Waals surface area contributed by atoms with Crippen molar-refractivity contribution in [3.8, 4) is 34.0 Å². The first-order chi connectivity index (χ1) is 16.4. The molecule has 0 bridgehead atoms. The summed E-state index contributed by atoms with van der Waals surface area (Å²) in [6.07, 6.45) is 0. The van der Waals surface area contributed by atoms with Crippen LogP contribution in [0.1, 0.15) is 10.4 Å². The first-order valence-electron chi connectivity index (χ1n) is 10.6. The molecule has 7 nitrogen and oxygen atoms in total. The van der Waals surface area contributed by atoms with E-state index >= 15 is 0 Å². The molecule has 0 atom stereocenters. The highest BCUT2D eigenvalue weighted by Crippen LogP contribution is 2.39. The lowest BCUT2D eigenvalue weighted by Gasteiger charge is -2.11. The molecule has 0 aliphatic rings. The molecule has 4 rings (SSSR count). The van der Waals surface area contributed by atoms with E-state index in [1.165, 1.54) is 27.8 Å². The second-order valence-electron chi connectivity index (χ2n) is 7.71. The lowest BCUT2D eigenvalue weighted by molar-refractivity contribution is -0.113. The summed E-state index contributed by atoms with van der Waals surface area (Å²) in [5.74, 6) is 1.98. The number of hydrogen-bond donors (Lipinski definition) is 1. The van der Waals surface area contributed by atoms with Gasteiger partial charge in [0, 0.05) is 34.5 Å². The maximum atomic E-state index is 12.6. The molecule has 0 saturated carbocycles. The minimum Gasteiger partial charge on any atom is -0.497 e. The van der Waals surface area contributed by atoms with Crippen LogP contribution in [0.2, 0.25) is 0 Å². The second kappa shape index (κ2) is 10.3. The highest BCUT2D eigenvalue weighted by molar-refractivity contribution is 7.99. The van der Waals surface area contributed by atoms with E-state index in [9.17, 15) is 4.79 Å². The molecule has 2 aromatic carbocycles. The van der Waals surface area contributed by atoms with Crippen LogP contribution in [-0.4, -0.2) is 40.6 Å². The molecular formula is C25H26N4O3S2. The van der Waals surface area contributed by atoms with Crippen molar-refractivity contribution in [1.29, 1.82) is 0 Å². The molecule has 9 heteroatoms. The first-order valence-corrected chi connectivity index (χ1v) is 12.5. The maximum absolute atomic E-state index is 12.6. The number of thioether (sulfide) groups is 1. The molecule has 0 unspecified atom stereocenters. The summed E-state index contributed by atoms with van der Waals surface area (Å²) in [4.78, 5) is 13.9. The van der Waals surface area contributed by atoms with Gasteiger partial charge in [0.1, 0.15) is 11.5 Å². The minimum atomic E-state index is -0.173. The minimum absolute atomic E-state index is 0.173. The quantitative estimate of drug-likeness (QED) is 0.323. The van der Waals surface area contributed by atoms with E-state index < -0.39 is 0 Å². The van der Waals surface area contributed by atoms with E-state index in [4.69, 9.17) is 9.47 Å². The number of anilines is 1. The summed E-state index contributed by atoms with van der Waals surface area (Å²) in [7, 11) is 5.06. The number of nitrogens with zero attached hydrogens (tertiary/aromatic N) is 3. The standard InChI is InChI=1S/C25H26N4O3S2/c1-15-6-8-17(9-7-15)23-16(2)33-13-19(23)24-27-28-25(29(24)3)34-14-22(30)26-20-12-18(31-4)10-11-21(20)32-5/h6-13H,14H2,1-5H3,(H,26,30). The molecule has 34 heavy (non-hydrogen) atoms. The molecule has 1 N–H and O–H groups in total. The van der Waals surface area contributed by atoms with Crippen molar-refractivity contribution in [3.05, 3.63) is 58.3 Å². The van der Waals surface area contributed by atoms with E-state index in [1.807, 2.05) is 11.6 Å². The number of amides is 1. The summed E-state index contributed by atoms with van der Waals surface area (Å²) in [5, 5.41) is 14.5. The van der Waals surface area contributed by atoms with Crippen LogP contribution in [0.15, 0.2) is 53.0 Å². The molecule has 0 radical (unpaired) electrons. The van der Waals surface area contributed by atoms with Crippen LogP contribution in [0.4, 0.5) is 5.69 Å². The summed E-state index contributed by atoms with van der Waals surface area (Å²) in [5.41, 5.74) is 5.14. The fraction of sp³-hybridized carbons (Fsp3) is 0.240. The molecule has 0 saturated heterocycles. The predicted octanol–water partition coefficient (Wildman–Crippen LogP) is 5.58. The number of benzene rings is 2. The molecule has 1 amide bonds. The van der Waals surface area contributed by atoms with Crippen LogP contribution in [0.25, 0.3) is 22.5 Å². The summed E-state index contributed by atoms with van der Waals surface area (Å²) < 4.78 is 12.5. The monoisotopic (exact) mass is 494 g/mol. The Morgan fingerprint density at radius 3 is 2.56 bits per heavy atom. The van der Waals surface area contributed by atoms with Crippen molar-refractivity contribution >= 4 is 34.7 Å². The largest absolute Gasteiger partial charge is 0.497 e. The van der Waals surface area contributed by atoms with Crippen LogP contribution in [0.3, 0.4) is 0 Å². The topological polar surface area (TPSA) is 78.3 Å². The SMILES string of the molecule is COc1ccc(OC)c(NC(=O)CSc2nnc(-c3csc(C)c3-c3ccc(C)cc3)n2C)c1. The summed E-state index contributed by atoms with van der Waals surface area (Å²) in [6, 6.07) is 13.8. The van der Waals surface area contributed by atoms with Gasteiger partial charge in [0.25, 0.3) is 0 Å². The Kier molecular flexibility index (Phi) is 7.23. The number of hydrogen-bond acceptors (Lipinski definition) is 7. The zero-order valence-electron chi connectivity index (χ0n) is 19.7. The van der Waals surface area contributed by atoms with Crippen LogP contribution in [-0.2, 0) is 11.8 Å². The normalized spacial score (nSPS) is 10.9. The van der Waals surface area contributed by atoms with Gasteiger partial charge in [-0.25, -0.2) is 0 Å². The number of rotatable bonds is 8. The highest BCUT2D eigenvalue weighted by Gasteiger charge is 2.19. The average Bonchev–Trinajstić information content (AvgIpc) is 3.40. The zero-order chi connectivity index (χ0) is 24.2.